The molecule has 0 heterocycles. The summed E-state index contributed by atoms with van der Waals surface area (Å²) in [4.78, 5) is 0. The Morgan fingerprint density at radius 2 is 2.00 bits per heavy atom. The molecule has 2 fully saturated rings. The van der Waals surface area contributed by atoms with E-state index in [1.54, 1.807) is 0 Å². The first-order valence-electron chi connectivity index (χ1n) is 7.36. The maximum atomic E-state index is 6.15. The van der Waals surface area contributed by atoms with E-state index < -0.39 is 0 Å². The fourth-order valence-electron chi connectivity index (χ4n) is 4.57. The number of nitrogens with one attached hydrogen (secondary N) is 1. The summed E-state index contributed by atoms with van der Waals surface area (Å²) in [7, 11) is 0. The van der Waals surface area contributed by atoms with Gasteiger partial charge >= 0.3 is 0 Å². The average molecular weight is 278 g/mol. The largest absolute Gasteiger partial charge is 0.381 e. The molecule has 0 saturated heterocycles. The zero-order valence-electron chi connectivity index (χ0n) is 12.4. The first-order valence-corrected chi connectivity index (χ1v) is 7.73. The molecule has 0 radical (unpaired) electrons. The highest BCUT2D eigenvalue weighted by Gasteiger charge is 2.59. The summed E-state index contributed by atoms with van der Waals surface area (Å²) in [5.74, 6) is 0.870. The van der Waals surface area contributed by atoms with Crippen molar-refractivity contribution in [3.05, 3.63) is 28.8 Å². The third-order valence-electron chi connectivity index (χ3n) is 5.77. The molecule has 104 valence electrons. The van der Waals surface area contributed by atoms with Gasteiger partial charge in [-0.25, -0.2) is 0 Å². The van der Waals surface area contributed by atoms with E-state index in [2.05, 4.69) is 45.1 Å². The third kappa shape index (κ3) is 1.98. The average Bonchev–Trinajstić information content (AvgIpc) is 2.80. The molecule has 2 heteroatoms. The van der Waals surface area contributed by atoms with Crippen molar-refractivity contribution in [1.29, 1.82) is 0 Å². The minimum atomic E-state index is 0.377. The molecule has 1 aromatic carbocycles. The van der Waals surface area contributed by atoms with Crippen LogP contribution in [0.5, 0.6) is 0 Å². The molecule has 0 aliphatic heterocycles. The van der Waals surface area contributed by atoms with Crippen molar-refractivity contribution >= 4 is 17.3 Å². The van der Waals surface area contributed by atoms with Crippen molar-refractivity contribution in [2.24, 2.45) is 16.7 Å². The quantitative estimate of drug-likeness (QED) is 0.776. The number of halogens is 1. The molecule has 2 aliphatic carbocycles. The molecule has 0 spiro atoms. The van der Waals surface area contributed by atoms with Gasteiger partial charge in [-0.1, -0.05) is 38.4 Å². The van der Waals surface area contributed by atoms with Crippen molar-refractivity contribution in [2.45, 2.75) is 53.0 Å². The lowest BCUT2D eigenvalue weighted by Crippen LogP contribution is -2.45. The van der Waals surface area contributed by atoms with Crippen LogP contribution in [0.1, 0.15) is 45.6 Å². The second-order valence-electron chi connectivity index (χ2n) is 7.45. The van der Waals surface area contributed by atoms with Crippen LogP contribution in [0.3, 0.4) is 0 Å². The van der Waals surface area contributed by atoms with E-state index in [0.717, 1.165) is 10.9 Å². The smallest absolute Gasteiger partial charge is 0.0426 e. The van der Waals surface area contributed by atoms with Crippen LogP contribution in [0.15, 0.2) is 18.2 Å². The second kappa shape index (κ2) is 4.15. The summed E-state index contributed by atoms with van der Waals surface area (Å²) >= 11 is 6.15. The van der Waals surface area contributed by atoms with Gasteiger partial charge < -0.3 is 5.32 Å². The molecule has 2 saturated carbocycles. The molecule has 3 atom stereocenters. The minimum Gasteiger partial charge on any atom is -0.381 e. The topological polar surface area (TPSA) is 12.0 Å². The van der Waals surface area contributed by atoms with Crippen molar-refractivity contribution in [2.75, 3.05) is 5.32 Å². The zero-order chi connectivity index (χ0) is 13.8. The predicted molar refractivity (Wildman–Crippen MR) is 82.8 cm³/mol. The lowest BCUT2D eigenvalue weighted by atomic mass is 9.68. The van der Waals surface area contributed by atoms with Crippen LogP contribution in [-0.2, 0) is 0 Å². The van der Waals surface area contributed by atoms with Gasteiger partial charge in [0.1, 0.15) is 0 Å². The van der Waals surface area contributed by atoms with Gasteiger partial charge in [-0.3, -0.25) is 0 Å². The van der Waals surface area contributed by atoms with Crippen molar-refractivity contribution in [3.8, 4) is 0 Å². The Hall–Kier alpha value is -0.690. The summed E-state index contributed by atoms with van der Waals surface area (Å²) in [5, 5.41) is 4.65. The molecule has 19 heavy (non-hydrogen) atoms. The molecule has 0 aromatic heterocycles. The molecular weight excluding hydrogens is 254 g/mol. The van der Waals surface area contributed by atoms with E-state index in [4.69, 9.17) is 11.6 Å². The maximum absolute atomic E-state index is 6.15. The van der Waals surface area contributed by atoms with Crippen LogP contribution in [0.4, 0.5) is 5.69 Å². The highest BCUT2D eigenvalue weighted by molar-refractivity contribution is 6.30. The van der Waals surface area contributed by atoms with Crippen LogP contribution in [0.25, 0.3) is 0 Å². The van der Waals surface area contributed by atoms with Crippen LogP contribution in [0.2, 0.25) is 5.02 Å². The fourth-order valence-corrected chi connectivity index (χ4v) is 4.74. The van der Waals surface area contributed by atoms with Gasteiger partial charge in [0.15, 0.2) is 0 Å². The Kier molecular flexibility index (Phi) is 2.91. The Bertz CT molecular complexity index is 503. The first kappa shape index (κ1) is 13.3. The molecule has 2 aliphatic rings. The van der Waals surface area contributed by atoms with Gasteiger partial charge in [0, 0.05) is 16.8 Å². The van der Waals surface area contributed by atoms with Gasteiger partial charge in [-0.15, -0.1) is 0 Å². The van der Waals surface area contributed by atoms with Crippen molar-refractivity contribution < 1.29 is 0 Å². The molecule has 1 N–H and O–H groups in total. The highest BCUT2D eigenvalue weighted by atomic mass is 35.5. The fraction of sp³-hybridized carbons (Fsp3) is 0.647. The molecule has 1 nitrogen and oxygen atoms in total. The summed E-state index contributed by atoms with van der Waals surface area (Å²) < 4.78 is 0. The number of hydrogen-bond donors (Lipinski definition) is 1. The predicted octanol–water partition coefficient (Wildman–Crippen LogP) is 5.28. The van der Waals surface area contributed by atoms with Crippen LogP contribution in [0, 0.1) is 23.7 Å². The number of fused-ring (bicyclic) bond motifs is 2. The van der Waals surface area contributed by atoms with E-state index in [9.17, 15) is 0 Å². The van der Waals surface area contributed by atoms with Crippen molar-refractivity contribution in [3.63, 3.8) is 0 Å². The minimum absolute atomic E-state index is 0.377. The number of rotatable bonds is 2. The van der Waals surface area contributed by atoms with Crippen molar-refractivity contribution in [1.82, 2.24) is 0 Å². The van der Waals surface area contributed by atoms with E-state index in [1.807, 2.05) is 6.07 Å². The van der Waals surface area contributed by atoms with Crippen LogP contribution in [-0.4, -0.2) is 6.04 Å². The summed E-state index contributed by atoms with van der Waals surface area (Å²) in [6.45, 7) is 9.47. The molecule has 0 amide bonds. The van der Waals surface area contributed by atoms with E-state index in [0.29, 0.717) is 16.9 Å². The first-order chi connectivity index (χ1) is 8.83. The summed E-state index contributed by atoms with van der Waals surface area (Å²) in [5.41, 5.74) is 3.32. The zero-order valence-corrected chi connectivity index (χ0v) is 13.1. The van der Waals surface area contributed by atoms with Gasteiger partial charge in [0.05, 0.1) is 0 Å². The highest BCUT2D eigenvalue weighted by Crippen LogP contribution is 2.63. The normalized spacial score (nSPS) is 35.6. The number of benzene rings is 1. The van der Waals surface area contributed by atoms with Gasteiger partial charge in [-0.2, -0.15) is 0 Å². The Morgan fingerprint density at radius 1 is 1.26 bits per heavy atom. The van der Waals surface area contributed by atoms with Gasteiger partial charge in [-0.05, 0) is 60.6 Å². The summed E-state index contributed by atoms with van der Waals surface area (Å²) in [6.07, 6.45) is 4.13. The molecule has 3 rings (SSSR count). The lowest BCUT2D eigenvalue weighted by molar-refractivity contribution is 0.155. The molecule has 2 bridgehead atoms. The number of aryl methyl sites for hydroxylation is 1. The van der Waals surface area contributed by atoms with E-state index >= 15 is 0 Å². The maximum Gasteiger partial charge on any atom is 0.0426 e. The Labute approximate surface area is 121 Å². The third-order valence-corrected chi connectivity index (χ3v) is 6.00. The van der Waals surface area contributed by atoms with Crippen LogP contribution >= 0.6 is 11.6 Å². The number of anilines is 1. The molecular formula is C17H24ClN. The standard InChI is InChI=1S/C17H24ClN/c1-11-5-6-13(18)9-14(11)19-15-16(2,3)12-7-8-17(15,4)10-12/h5-6,9,12,15,19H,7-8,10H2,1-4H3. The Morgan fingerprint density at radius 3 is 2.63 bits per heavy atom. The second-order valence-corrected chi connectivity index (χ2v) is 7.89. The van der Waals surface area contributed by atoms with Crippen LogP contribution < -0.4 is 5.32 Å². The van der Waals surface area contributed by atoms with E-state index in [1.165, 1.54) is 30.5 Å². The monoisotopic (exact) mass is 277 g/mol. The summed E-state index contributed by atoms with van der Waals surface area (Å²) in [6, 6.07) is 6.70. The number of hydrogen-bond acceptors (Lipinski definition) is 1. The van der Waals surface area contributed by atoms with E-state index in [-0.39, 0.29) is 0 Å². The van der Waals surface area contributed by atoms with Gasteiger partial charge in [0.2, 0.25) is 0 Å². The SMILES string of the molecule is Cc1ccc(Cl)cc1NC1C2(C)CCC(C2)C1(C)C. The molecule has 1 aromatic rings. The Balaban J connectivity index is 1.92. The molecule has 3 unspecified atom stereocenters. The lowest BCUT2D eigenvalue weighted by Gasteiger charge is -2.44. The van der Waals surface area contributed by atoms with Gasteiger partial charge in [0.25, 0.3) is 0 Å².